The van der Waals surface area contributed by atoms with E-state index in [2.05, 4.69) is 10.6 Å². The highest BCUT2D eigenvalue weighted by Crippen LogP contribution is 2.29. The van der Waals surface area contributed by atoms with Crippen molar-refractivity contribution in [2.24, 2.45) is 23.5 Å². The largest absolute Gasteiger partial charge is 0.379 e. The molecular formula is C36H59N5O7. The second kappa shape index (κ2) is 18.1. The van der Waals surface area contributed by atoms with Gasteiger partial charge in [0.1, 0.15) is 11.6 Å². The van der Waals surface area contributed by atoms with Crippen LogP contribution >= 0.6 is 0 Å². The van der Waals surface area contributed by atoms with Crippen LogP contribution in [0.2, 0.25) is 0 Å². The molecule has 0 aliphatic carbocycles. The van der Waals surface area contributed by atoms with E-state index in [1.54, 1.807) is 26.2 Å². The molecule has 12 nitrogen and oxygen atoms in total. The van der Waals surface area contributed by atoms with E-state index in [0.717, 1.165) is 31.2 Å². The first-order valence-corrected chi connectivity index (χ1v) is 17.4. The molecule has 12 heteroatoms. The van der Waals surface area contributed by atoms with Gasteiger partial charge in [-0.15, -0.1) is 0 Å². The summed E-state index contributed by atoms with van der Waals surface area (Å²) >= 11 is 0. The van der Waals surface area contributed by atoms with Crippen molar-refractivity contribution < 1.29 is 33.4 Å². The molecule has 2 heterocycles. The predicted molar refractivity (Wildman–Crippen MR) is 184 cm³/mol. The summed E-state index contributed by atoms with van der Waals surface area (Å²) in [4.78, 5) is 57.6. The van der Waals surface area contributed by atoms with Crippen LogP contribution < -0.4 is 16.4 Å². The number of benzene rings is 1. The first kappa shape index (κ1) is 39.4. The normalized spacial score (nSPS) is 21.0. The van der Waals surface area contributed by atoms with Crippen molar-refractivity contribution in [3.63, 3.8) is 0 Å². The van der Waals surface area contributed by atoms with Gasteiger partial charge in [0.15, 0.2) is 0 Å². The lowest BCUT2D eigenvalue weighted by molar-refractivity contribution is -0.151. The number of nitrogens with zero attached hydrogens (tertiary/aromatic N) is 2. The Bertz CT molecular complexity index is 1210. The number of likely N-dealkylation sites (N-methyl/N-ethyl adjacent to an activating group) is 1. The van der Waals surface area contributed by atoms with Crippen molar-refractivity contribution in [3.8, 4) is 0 Å². The molecule has 48 heavy (non-hydrogen) atoms. The molecule has 0 spiro atoms. The Labute approximate surface area is 286 Å². The van der Waals surface area contributed by atoms with Gasteiger partial charge in [-0.05, 0) is 36.7 Å². The number of carbonyl (C=O) groups is 4. The Balaban J connectivity index is 1.71. The minimum Gasteiger partial charge on any atom is -0.379 e. The third-order valence-corrected chi connectivity index (χ3v) is 10.2. The predicted octanol–water partition coefficient (Wildman–Crippen LogP) is 2.13. The molecule has 0 radical (unpaired) electrons. The maximum Gasteiger partial charge on any atom is 0.245 e. The topological polar surface area (TPSA) is 153 Å². The number of ether oxygens (including phenoxy) is 3. The van der Waals surface area contributed by atoms with Gasteiger partial charge in [0.25, 0.3) is 0 Å². The molecule has 2 aliphatic heterocycles. The van der Waals surface area contributed by atoms with Gasteiger partial charge in [-0.3, -0.25) is 19.2 Å². The fraction of sp³-hybridized carbons (Fsp3) is 0.722. The van der Waals surface area contributed by atoms with E-state index < -0.39 is 41.7 Å². The number of nitrogens with two attached hydrogens (primary N) is 1. The molecule has 1 aromatic carbocycles. The highest BCUT2D eigenvalue weighted by Gasteiger charge is 2.46. The fourth-order valence-electron chi connectivity index (χ4n) is 6.91. The van der Waals surface area contributed by atoms with E-state index in [0.29, 0.717) is 13.1 Å². The zero-order valence-corrected chi connectivity index (χ0v) is 30.2. The molecule has 2 saturated heterocycles. The monoisotopic (exact) mass is 673 g/mol. The zero-order chi connectivity index (χ0) is 35.6. The van der Waals surface area contributed by atoms with Crippen molar-refractivity contribution in [1.82, 2.24) is 20.4 Å². The van der Waals surface area contributed by atoms with E-state index in [9.17, 15) is 19.2 Å². The van der Waals surface area contributed by atoms with E-state index in [1.807, 2.05) is 69.9 Å². The lowest BCUT2D eigenvalue weighted by Crippen LogP contribution is -2.69. The van der Waals surface area contributed by atoms with Crippen LogP contribution in [0.5, 0.6) is 0 Å². The Morgan fingerprint density at radius 3 is 2.29 bits per heavy atom. The molecule has 270 valence electrons. The molecule has 2 aliphatic rings. The zero-order valence-electron chi connectivity index (χ0n) is 30.2. The summed E-state index contributed by atoms with van der Waals surface area (Å²) in [6, 6.07) is 8.47. The van der Waals surface area contributed by atoms with Crippen LogP contribution in [-0.4, -0.2) is 117 Å². The van der Waals surface area contributed by atoms with Crippen LogP contribution in [0.15, 0.2) is 30.3 Å². The van der Waals surface area contributed by atoms with Gasteiger partial charge < -0.3 is 40.4 Å². The summed E-state index contributed by atoms with van der Waals surface area (Å²) in [6.45, 7) is 10.9. The first-order valence-electron chi connectivity index (χ1n) is 17.4. The minimum atomic E-state index is -1.14. The van der Waals surface area contributed by atoms with Crippen LogP contribution in [0.3, 0.4) is 0 Å². The highest BCUT2D eigenvalue weighted by atomic mass is 16.5. The van der Waals surface area contributed by atoms with Gasteiger partial charge in [0, 0.05) is 34.4 Å². The lowest BCUT2D eigenvalue weighted by atomic mass is 9.89. The van der Waals surface area contributed by atoms with Crippen molar-refractivity contribution >= 4 is 23.6 Å². The summed E-state index contributed by atoms with van der Waals surface area (Å²) in [6.07, 6.45) is 1.96. The third kappa shape index (κ3) is 9.55. The average molecular weight is 674 g/mol. The van der Waals surface area contributed by atoms with Crippen molar-refractivity contribution in [3.05, 3.63) is 35.9 Å². The Kier molecular flexibility index (Phi) is 14.8. The summed E-state index contributed by atoms with van der Waals surface area (Å²) in [5, 5.41) is 5.90. The number of nitrogens with one attached hydrogen (secondary N) is 2. The number of hydrogen-bond acceptors (Lipinski definition) is 8. The Morgan fingerprint density at radius 2 is 1.75 bits per heavy atom. The van der Waals surface area contributed by atoms with Crippen molar-refractivity contribution in [1.29, 1.82) is 0 Å². The number of likely N-dealkylation sites (tertiary alicyclic amines) is 1. The van der Waals surface area contributed by atoms with E-state index in [-0.39, 0.29) is 55.2 Å². The molecule has 3 rings (SSSR count). The number of rotatable bonds is 18. The molecule has 0 aromatic heterocycles. The summed E-state index contributed by atoms with van der Waals surface area (Å²) in [7, 11) is 4.86. The number of carbonyl (C=O) groups excluding carboxylic acids is 4. The van der Waals surface area contributed by atoms with E-state index in [1.165, 1.54) is 0 Å². The average Bonchev–Trinajstić information content (AvgIpc) is 3.55. The number of hydrogen-bond donors (Lipinski definition) is 3. The molecular weight excluding hydrogens is 614 g/mol. The maximum absolute atomic E-state index is 14.0. The Morgan fingerprint density at radius 1 is 1.08 bits per heavy atom. The molecule has 4 N–H and O–H groups in total. The quantitative estimate of drug-likeness (QED) is 0.214. The second-order valence-corrected chi connectivity index (χ2v) is 14.0. The van der Waals surface area contributed by atoms with Crippen LogP contribution in [0.4, 0.5) is 0 Å². The highest BCUT2D eigenvalue weighted by molar-refractivity contribution is 5.93. The first-order chi connectivity index (χ1) is 22.8. The van der Waals surface area contributed by atoms with Crippen molar-refractivity contribution in [2.75, 3.05) is 47.6 Å². The fourth-order valence-corrected chi connectivity index (χ4v) is 6.91. The van der Waals surface area contributed by atoms with Gasteiger partial charge in [0.05, 0.1) is 49.8 Å². The number of amides is 4. The third-order valence-electron chi connectivity index (χ3n) is 10.2. The summed E-state index contributed by atoms with van der Waals surface area (Å²) in [5.41, 5.74) is 6.16. The molecule has 4 amide bonds. The van der Waals surface area contributed by atoms with Crippen LogP contribution in [0, 0.1) is 17.8 Å². The summed E-state index contributed by atoms with van der Waals surface area (Å²) < 4.78 is 17.0. The standard InChI is InChI=1S/C36H59N5O7/c1-9-24(4)31(40(6)34(44)30(23(2)3)39-35(45)36(37)21-48-22-36)28(46-7)20-29(42)41-19-13-16-27(41)32(47-8)25(5)33(43)38-18-17-26-14-11-10-12-15-26/h10-12,14-15,23-25,27-28,30-32H,9,13,16-22,37H2,1-8H3,(H,38,43)(H,39,45). The molecule has 2 fully saturated rings. The molecule has 7 atom stereocenters. The Hall–Kier alpha value is -3.06. The van der Waals surface area contributed by atoms with Crippen LogP contribution in [-0.2, 0) is 39.8 Å². The van der Waals surface area contributed by atoms with Gasteiger partial charge in [-0.2, -0.15) is 0 Å². The maximum atomic E-state index is 14.0. The SMILES string of the molecule is CCC(C)C(C(CC(=O)N1CCCC1C(OC)C(C)C(=O)NCCc1ccccc1)OC)N(C)C(=O)C(NC(=O)C1(N)COC1)C(C)C. The van der Waals surface area contributed by atoms with E-state index >= 15 is 0 Å². The summed E-state index contributed by atoms with van der Waals surface area (Å²) in [5.74, 6) is -1.60. The minimum absolute atomic E-state index is 0.0122. The van der Waals surface area contributed by atoms with Gasteiger partial charge in [-0.1, -0.05) is 71.4 Å². The lowest BCUT2D eigenvalue weighted by Gasteiger charge is -2.42. The second-order valence-electron chi connectivity index (χ2n) is 14.0. The molecule has 7 unspecified atom stereocenters. The van der Waals surface area contributed by atoms with Crippen LogP contribution in [0.1, 0.15) is 65.9 Å². The molecule has 0 bridgehead atoms. The van der Waals surface area contributed by atoms with Gasteiger partial charge in [0.2, 0.25) is 23.6 Å². The number of methoxy groups -OCH3 is 2. The van der Waals surface area contributed by atoms with Gasteiger partial charge in [-0.25, -0.2) is 0 Å². The van der Waals surface area contributed by atoms with Crippen LogP contribution in [0.25, 0.3) is 0 Å². The molecule has 1 aromatic rings. The van der Waals surface area contributed by atoms with Crippen molar-refractivity contribution in [2.45, 2.75) is 103 Å². The van der Waals surface area contributed by atoms with Gasteiger partial charge >= 0.3 is 0 Å². The smallest absolute Gasteiger partial charge is 0.245 e. The molecule has 0 saturated carbocycles. The van der Waals surface area contributed by atoms with E-state index in [4.69, 9.17) is 19.9 Å².